The molecule has 1 aromatic rings. The summed E-state index contributed by atoms with van der Waals surface area (Å²) in [5.41, 5.74) is 1.75. The van der Waals surface area contributed by atoms with Gasteiger partial charge < -0.3 is 5.11 Å². The summed E-state index contributed by atoms with van der Waals surface area (Å²) >= 11 is 0. The fourth-order valence-electron chi connectivity index (χ4n) is 2.70. The zero-order valence-electron chi connectivity index (χ0n) is 9.61. The number of hydrogen-bond acceptors (Lipinski definition) is 1. The Morgan fingerprint density at radius 2 is 1.87 bits per heavy atom. The van der Waals surface area contributed by atoms with E-state index in [1.54, 1.807) is 0 Å². The molecule has 0 atom stereocenters. The highest BCUT2D eigenvalue weighted by Gasteiger charge is 2.45. The molecule has 2 rings (SSSR count). The summed E-state index contributed by atoms with van der Waals surface area (Å²) in [5, 5.41) is 9.51. The molecule has 82 valence electrons. The van der Waals surface area contributed by atoms with Gasteiger partial charge in [-0.1, -0.05) is 44.2 Å². The topological polar surface area (TPSA) is 20.2 Å². The first kappa shape index (κ1) is 10.7. The van der Waals surface area contributed by atoms with Crippen molar-refractivity contribution in [2.45, 2.75) is 39.2 Å². The maximum Gasteiger partial charge on any atom is 0.0551 e. The quantitative estimate of drug-likeness (QED) is 0.802. The third-order valence-electron chi connectivity index (χ3n) is 3.91. The second-order valence-electron chi connectivity index (χ2n) is 5.24. The van der Waals surface area contributed by atoms with Crippen LogP contribution in [0.1, 0.15) is 32.3 Å². The summed E-state index contributed by atoms with van der Waals surface area (Å²) in [4.78, 5) is 0. The molecule has 0 bridgehead atoms. The molecule has 1 heteroatoms. The molecule has 0 radical (unpaired) electrons. The largest absolute Gasteiger partial charge is 0.393 e. The summed E-state index contributed by atoms with van der Waals surface area (Å²) in [6.45, 7) is 4.55. The first-order valence-electron chi connectivity index (χ1n) is 5.84. The van der Waals surface area contributed by atoms with Crippen molar-refractivity contribution in [2.24, 2.45) is 11.3 Å². The van der Waals surface area contributed by atoms with Crippen molar-refractivity contribution < 1.29 is 5.11 Å². The normalized spacial score (nSPS) is 30.3. The van der Waals surface area contributed by atoms with E-state index < -0.39 is 0 Å². The number of aliphatic hydroxyl groups is 1. The SMILES string of the molecule is CC(C)C1(Cc2ccccc2)CC(O)C1. The van der Waals surface area contributed by atoms with Crippen LogP contribution in [0.5, 0.6) is 0 Å². The second-order valence-corrected chi connectivity index (χ2v) is 5.24. The van der Waals surface area contributed by atoms with E-state index in [9.17, 15) is 5.11 Å². The van der Waals surface area contributed by atoms with Crippen LogP contribution < -0.4 is 0 Å². The van der Waals surface area contributed by atoms with Gasteiger partial charge in [0.05, 0.1) is 6.10 Å². The van der Waals surface area contributed by atoms with E-state index in [0.717, 1.165) is 19.3 Å². The molecular formula is C14H20O. The molecule has 1 saturated carbocycles. The highest BCUT2D eigenvalue weighted by molar-refractivity contribution is 5.18. The molecule has 0 heterocycles. The standard InChI is InChI=1S/C14H20O/c1-11(2)14(9-13(15)10-14)8-12-6-4-3-5-7-12/h3-7,11,13,15H,8-10H2,1-2H3. The molecule has 1 aromatic carbocycles. The Balaban J connectivity index is 2.09. The average molecular weight is 204 g/mol. The second kappa shape index (κ2) is 3.97. The van der Waals surface area contributed by atoms with Crippen LogP contribution >= 0.6 is 0 Å². The molecule has 0 saturated heterocycles. The van der Waals surface area contributed by atoms with Crippen molar-refractivity contribution in [2.75, 3.05) is 0 Å². The van der Waals surface area contributed by atoms with Gasteiger partial charge in [-0.2, -0.15) is 0 Å². The highest BCUT2D eigenvalue weighted by atomic mass is 16.3. The van der Waals surface area contributed by atoms with Crippen LogP contribution in [0, 0.1) is 11.3 Å². The van der Waals surface area contributed by atoms with E-state index in [1.807, 2.05) is 0 Å². The predicted molar refractivity (Wildman–Crippen MR) is 62.7 cm³/mol. The third-order valence-corrected chi connectivity index (χ3v) is 3.91. The van der Waals surface area contributed by atoms with Gasteiger partial charge in [-0.05, 0) is 36.2 Å². The van der Waals surface area contributed by atoms with Crippen molar-refractivity contribution in [3.8, 4) is 0 Å². The molecule has 15 heavy (non-hydrogen) atoms. The van der Waals surface area contributed by atoms with Gasteiger partial charge in [-0.25, -0.2) is 0 Å². The first-order chi connectivity index (χ1) is 7.12. The summed E-state index contributed by atoms with van der Waals surface area (Å²) in [6.07, 6.45) is 3.00. The zero-order valence-corrected chi connectivity index (χ0v) is 9.61. The van der Waals surface area contributed by atoms with Crippen LogP contribution in [-0.2, 0) is 6.42 Å². The van der Waals surface area contributed by atoms with Crippen LogP contribution in [0.15, 0.2) is 30.3 Å². The lowest BCUT2D eigenvalue weighted by molar-refractivity contribution is -0.0612. The molecule has 1 nitrogen and oxygen atoms in total. The van der Waals surface area contributed by atoms with Crippen LogP contribution in [0.3, 0.4) is 0 Å². The molecule has 1 N–H and O–H groups in total. The van der Waals surface area contributed by atoms with Crippen LogP contribution in [0.2, 0.25) is 0 Å². The molecular weight excluding hydrogens is 184 g/mol. The number of aliphatic hydroxyl groups excluding tert-OH is 1. The Labute approximate surface area is 92.1 Å². The van der Waals surface area contributed by atoms with Crippen LogP contribution in [0.4, 0.5) is 0 Å². The van der Waals surface area contributed by atoms with Crippen LogP contribution in [-0.4, -0.2) is 11.2 Å². The summed E-state index contributed by atoms with van der Waals surface area (Å²) < 4.78 is 0. The Kier molecular flexibility index (Phi) is 2.83. The minimum Gasteiger partial charge on any atom is -0.393 e. The van der Waals surface area contributed by atoms with Gasteiger partial charge in [0.15, 0.2) is 0 Å². The molecule has 0 unspecified atom stereocenters. The minimum atomic E-state index is -0.0592. The Bertz CT molecular complexity index is 309. The smallest absolute Gasteiger partial charge is 0.0551 e. The van der Waals surface area contributed by atoms with Gasteiger partial charge >= 0.3 is 0 Å². The van der Waals surface area contributed by atoms with E-state index in [1.165, 1.54) is 5.56 Å². The average Bonchev–Trinajstić information content (AvgIpc) is 2.16. The molecule has 0 aliphatic heterocycles. The summed E-state index contributed by atoms with van der Waals surface area (Å²) in [7, 11) is 0. The zero-order chi connectivity index (χ0) is 10.9. The number of hydrogen-bond donors (Lipinski definition) is 1. The van der Waals surface area contributed by atoms with Crippen molar-refractivity contribution in [1.29, 1.82) is 0 Å². The minimum absolute atomic E-state index is 0.0592. The van der Waals surface area contributed by atoms with Crippen molar-refractivity contribution in [1.82, 2.24) is 0 Å². The van der Waals surface area contributed by atoms with E-state index in [0.29, 0.717) is 11.3 Å². The maximum absolute atomic E-state index is 9.51. The highest BCUT2D eigenvalue weighted by Crippen LogP contribution is 2.49. The fraction of sp³-hybridized carbons (Fsp3) is 0.571. The molecule has 0 aromatic heterocycles. The Morgan fingerprint density at radius 1 is 1.27 bits per heavy atom. The number of benzene rings is 1. The van der Waals surface area contributed by atoms with E-state index in [-0.39, 0.29) is 6.10 Å². The Hall–Kier alpha value is -0.820. The fourth-order valence-corrected chi connectivity index (χ4v) is 2.70. The van der Waals surface area contributed by atoms with Gasteiger partial charge in [0, 0.05) is 0 Å². The Morgan fingerprint density at radius 3 is 2.33 bits per heavy atom. The summed E-state index contributed by atoms with van der Waals surface area (Å²) in [6, 6.07) is 10.6. The van der Waals surface area contributed by atoms with Crippen molar-refractivity contribution in [3.05, 3.63) is 35.9 Å². The van der Waals surface area contributed by atoms with E-state index >= 15 is 0 Å². The maximum atomic E-state index is 9.51. The lowest BCUT2D eigenvalue weighted by Gasteiger charge is -2.49. The van der Waals surface area contributed by atoms with Gasteiger partial charge in [-0.15, -0.1) is 0 Å². The van der Waals surface area contributed by atoms with Crippen molar-refractivity contribution in [3.63, 3.8) is 0 Å². The van der Waals surface area contributed by atoms with Gasteiger partial charge in [-0.3, -0.25) is 0 Å². The summed E-state index contributed by atoms with van der Waals surface area (Å²) in [5.74, 6) is 0.654. The van der Waals surface area contributed by atoms with E-state index in [4.69, 9.17) is 0 Å². The first-order valence-corrected chi connectivity index (χ1v) is 5.84. The molecule has 0 spiro atoms. The molecule has 0 amide bonds. The van der Waals surface area contributed by atoms with Gasteiger partial charge in [0.1, 0.15) is 0 Å². The monoisotopic (exact) mass is 204 g/mol. The molecule has 1 aliphatic rings. The van der Waals surface area contributed by atoms with Gasteiger partial charge in [0.2, 0.25) is 0 Å². The van der Waals surface area contributed by atoms with Gasteiger partial charge in [0.25, 0.3) is 0 Å². The predicted octanol–water partition coefficient (Wildman–Crippen LogP) is 3.03. The number of rotatable bonds is 3. The molecule has 1 fully saturated rings. The van der Waals surface area contributed by atoms with Crippen molar-refractivity contribution >= 4 is 0 Å². The lowest BCUT2D eigenvalue weighted by Crippen LogP contribution is -2.46. The lowest BCUT2D eigenvalue weighted by atomic mass is 9.58. The molecule has 1 aliphatic carbocycles. The van der Waals surface area contributed by atoms with Crippen LogP contribution in [0.25, 0.3) is 0 Å². The van der Waals surface area contributed by atoms with E-state index in [2.05, 4.69) is 44.2 Å². The third kappa shape index (κ3) is 2.07.